The summed E-state index contributed by atoms with van der Waals surface area (Å²) in [4.78, 5) is 11.9. The van der Waals surface area contributed by atoms with Crippen molar-refractivity contribution in [3.8, 4) is 0 Å². The average molecular weight is 1110 g/mol. The Morgan fingerprint density at radius 3 is 2.00 bits per heavy atom. The molecule has 3 saturated carbocycles. The van der Waals surface area contributed by atoms with Crippen LogP contribution >= 0.6 is 0 Å². The Morgan fingerprint density at radius 1 is 0.662 bits per heavy atom. The van der Waals surface area contributed by atoms with Gasteiger partial charge in [-0.3, -0.25) is 4.79 Å². The molecule has 13 N–H and O–H groups in total. The topological polar surface area (TPSA) is 382 Å². The van der Waals surface area contributed by atoms with Crippen LogP contribution in [0.5, 0.6) is 0 Å². The van der Waals surface area contributed by atoms with E-state index >= 15 is 0 Å². The number of aliphatic hydroxyl groups excluding tert-OH is 13. The highest BCUT2D eigenvalue weighted by Gasteiger charge is 2.74. The number of hydrogen-bond acceptors (Lipinski definition) is 25. The highest BCUT2D eigenvalue weighted by atomic mass is 16.8. The van der Waals surface area contributed by atoms with Crippen LogP contribution in [0.1, 0.15) is 80.6 Å². The van der Waals surface area contributed by atoms with Crippen LogP contribution in [0, 0.1) is 46.3 Å². The third-order valence-corrected chi connectivity index (χ3v) is 20.0. The number of allylic oxidation sites excluding steroid dienone is 1. The maximum Gasteiger partial charge on any atom is 0.303 e. The Hall–Kier alpha value is -1.71. The summed E-state index contributed by atoms with van der Waals surface area (Å²) in [5, 5.41) is 145. The van der Waals surface area contributed by atoms with E-state index < -0.39 is 201 Å². The molecule has 34 atom stereocenters. The molecule has 6 saturated heterocycles. The van der Waals surface area contributed by atoms with Crippen LogP contribution in [0.25, 0.3) is 0 Å². The number of fused-ring (bicyclic) bond motifs is 7. The highest BCUT2D eigenvalue weighted by molar-refractivity contribution is 5.66. The SMILES string of the molecule is CC(=O)O[C@@H]1[C@@H](O)[C@@H](O)[C@H](O[C@H]2[C@H](O[C@@H]3C[C@H](O)CC4=CC[C@@H]5[C@H](C[C@@H](O)[C@]6(C)C7C(C[C@@H]56)O[C@@]5(OC[C@@H](C)[C@H](O[C@@H]6O[C@H](C)[C@H](O)[C@@H](O)[C@H]6O)[C@@H]5O)[C@H]7C)[C@]43C)O[C@H](CO)[C@@H](O)[C@@H]2O[C@@H]2OC[C@@H](O)[C@H](O)[C@H]2O)O[C@H]1C. The molecule has 25 heteroatoms. The summed E-state index contributed by atoms with van der Waals surface area (Å²) < 4.78 is 68.2. The minimum atomic E-state index is -1.89. The smallest absolute Gasteiger partial charge is 0.303 e. The Balaban J connectivity index is 0.929. The monoisotopic (exact) mass is 1110 g/mol. The predicted octanol–water partition coefficient (Wildman–Crippen LogP) is -3.84. The molecule has 6 heterocycles. The average Bonchev–Trinajstić information content (AvgIpc) is 3.85. The number of carbonyl (C=O) groups is 1. The summed E-state index contributed by atoms with van der Waals surface area (Å²) in [6.45, 7) is 10.8. The first-order valence-electron chi connectivity index (χ1n) is 27.4. The van der Waals surface area contributed by atoms with Crippen molar-refractivity contribution in [2.45, 2.75) is 240 Å². The second-order valence-corrected chi connectivity index (χ2v) is 24.3. The molecule has 0 amide bonds. The lowest BCUT2D eigenvalue weighted by atomic mass is 9.45. The van der Waals surface area contributed by atoms with E-state index in [4.69, 9.17) is 52.1 Å². The van der Waals surface area contributed by atoms with Gasteiger partial charge in [0.15, 0.2) is 37.1 Å². The number of aliphatic hydroxyl groups is 13. The fourth-order valence-corrected chi connectivity index (χ4v) is 15.7. The zero-order chi connectivity index (χ0) is 55.7. The van der Waals surface area contributed by atoms with E-state index in [9.17, 15) is 71.2 Å². The molecular formula is C52H82O25. The third kappa shape index (κ3) is 9.58. The van der Waals surface area contributed by atoms with E-state index in [0.717, 1.165) is 12.5 Å². The predicted molar refractivity (Wildman–Crippen MR) is 255 cm³/mol. The van der Waals surface area contributed by atoms with Crippen molar-refractivity contribution in [1.29, 1.82) is 0 Å². The van der Waals surface area contributed by atoms with E-state index in [0.29, 0.717) is 12.8 Å². The molecule has 0 aromatic rings. The van der Waals surface area contributed by atoms with E-state index in [2.05, 4.69) is 13.0 Å². The van der Waals surface area contributed by atoms with Crippen LogP contribution in [-0.2, 0) is 56.9 Å². The van der Waals surface area contributed by atoms with Crippen molar-refractivity contribution in [2.24, 2.45) is 46.3 Å². The molecule has 0 aromatic carbocycles. The Bertz CT molecular complexity index is 2120. The van der Waals surface area contributed by atoms with Crippen LogP contribution in [-0.4, -0.2) is 251 Å². The molecular weight excluding hydrogens is 1020 g/mol. The molecule has 2 unspecified atom stereocenters. The molecule has 4 aliphatic carbocycles. The Labute approximate surface area is 445 Å². The van der Waals surface area contributed by atoms with Gasteiger partial charge in [0, 0.05) is 41.9 Å². The molecule has 77 heavy (non-hydrogen) atoms. The summed E-state index contributed by atoms with van der Waals surface area (Å²) in [6.07, 6.45) is -31.5. The van der Waals surface area contributed by atoms with Gasteiger partial charge in [0.05, 0.1) is 62.5 Å². The lowest BCUT2D eigenvalue weighted by Gasteiger charge is -2.62. The molecule has 440 valence electrons. The quantitative estimate of drug-likeness (QED) is 0.0736. The van der Waals surface area contributed by atoms with Crippen molar-refractivity contribution in [3.63, 3.8) is 0 Å². The van der Waals surface area contributed by atoms with Crippen molar-refractivity contribution < 1.29 is 123 Å². The molecule has 0 bridgehead atoms. The van der Waals surface area contributed by atoms with Gasteiger partial charge < -0.3 is 118 Å². The zero-order valence-electron chi connectivity index (χ0n) is 44.3. The number of carbonyl (C=O) groups excluding carboxylic acids is 1. The second kappa shape index (κ2) is 21.8. The van der Waals surface area contributed by atoms with Crippen LogP contribution in [0.4, 0.5) is 0 Å². The van der Waals surface area contributed by atoms with Crippen LogP contribution in [0.2, 0.25) is 0 Å². The molecule has 0 radical (unpaired) electrons. The summed E-state index contributed by atoms with van der Waals surface area (Å²) in [5.74, 6) is -4.11. The van der Waals surface area contributed by atoms with Crippen molar-refractivity contribution in [1.82, 2.24) is 0 Å². The first kappa shape index (κ1) is 58.5. The van der Waals surface area contributed by atoms with Gasteiger partial charge in [-0.05, 0) is 57.3 Å². The summed E-state index contributed by atoms with van der Waals surface area (Å²) >= 11 is 0. The zero-order valence-corrected chi connectivity index (χ0v) is 44.3. The number of hydrogen-bond donors (Lipinski definition) is 13. The van der Waals surface area contributed by atoms with E-state index in [1.807, 2.05) is 20.8 Å². The minimum absolute atomic E-state index is 0.0304. The van der Waals surface area contributed by atoms with E-state index in [1.165, 1.54) is 6.92 Å². The van der Waals surface area contributed by atoms with Crippen LogP contribution < -0.4 is 0 Å². The fraction of sp³-hybridized carbons (Fsp3) is 0.942. The van der Waals surface area contributed by atoms with Gasteiger partial charge in [-0.1, -0.05) is 39.3 Å². The fourth-order valence-electron chi connectivity index (χ4n) is 15.7. The van der Waals surface area contributed by atoms with Crippen LogP contribution in [0.15, 0.2) is 11.6 Å². The Morgan fingerprint density at radius 2 is 1.31 bits per heavy atom. The normalized spacial score (nSPS) is 57.6. The largest absolute Gasteiger partial charge is 0.457 e. The minimum Gasteiger partial charge on any atom is -0.457 e. The van der Waals surface area contributed by atoms with Crippen molar-refractivity contribution in [2.75, 3.05) is 19.8 Å². The summed E-state index contributed by atoms with van der Waals surface area (Å²) in [7, 11) is 0. The molecule has 1 spiro atoms. The molecule has 25 nitrogen and oxygen atoms in total. The van der Waals surface area contributed by atoms with Gasteiger partial charge in [-0.15, -0.1) is 0 Å². The number of rotatable bonds is 10. The van der Waals surface area contributed by atoms with E-state index in [-0.39, 0.29) is 49.5 Å². The number of esters is 1. The molecule has 10 aliphatic rings. The summed E-state index contributed by atoms with van der Waals surface area (Å²) in [6, 6.07) is 0. The highest BCUT2D eigenvalue weighted by Crippen LogP contribution is 2.71. The lowest BCUT2D eigenvalue weighted by molar-refractivity contribution is -0.393. The number of ether oxygens (including phenoxy) is 11. The molecule has 9 fully saturated rings. The second-order valence-electron chi connectivity index (χ2n) is 24.3. The first-order valence-corrected chi connectivity index (χ1v) is 27.4. The lowest BCUT2D eigenvalue weighted by Crippen LogP contribution is -2.67. The summed E-state index contributed by atoms with van der Waals surface area (Å²) in [5.41, 5.74) is -0.852. The van der Waals surface area contributed by atoms with Gasteiger partial charge in [-0.25, -0.2) is 0 Å². The van der Waals surface area contributed by atoms with Gasteiger partial charge in [0.2, 0.25) is 0 Å². The third-order valence-electron chi connectivity index (χ3n) is 20.0. The van der Waals surface area contributed by atoms with Gasteiger partial charge in [0.25, 0.3) is 0 Å². The van der Waals surface area contributed by atoms with E-state index in [1.54, 1.807) is 6.92 Å². The molecule has 6 aliphatic heterocycles. The van der Waals surface area contributed by atoms with Crippen molar-refractivity contribution >= 4 is 5.97 Å². The van der Waals surface area contributed by atoms with Gasteiger partial charge in [0.1, 0.15) is 79.4 Å². The molecule has 10 rings (SSSR count). The van der Waals surface area contributed by atoms with Gasteiger partial charge in [-0.2, -0.15) is 0 Å². The van der Waals surface area contributed by atoms with Crippen molar-refractivity contribution in [3.05, 3.63) is 11.6 Å². The van der Waals surface area contributed by atoms with Gasteiger partial charge >= 0.3 is 5.97 Å². The Kier molecular flexibility index (Phi) is 16.6. The molecule has 0 aromatic heterocycles. The first-order chi connectivity index (χ1) is 36.3. The standard InChI is InChI=1S/C52H82O25/c1-17-15-68-52(45(66)41(17)74-47-39(64)36(61)33(58)19(3)69-47)18(2)32-28(77-52)12-25-24-9-8-22-10-23(55)11-31(50(22,6)26(24)13-30(57)51(25,32)7)73-49-44(76-48-40(65)37(62)42(20(4)70-48)71-21(5)54)43(35(60)29(14-53)72-49)75-46-38(63)34(59)27(56)16-67-46/h8,17-20,23-49,53,55-66H,9-16H2,1-7H3/t17-,18+,19-,20+,23-,24+,25+,26+,27-,28?,29-,30-,31-,32?,33+,34+,35-,36-,37+,38-,39-,40-,41+,42+,43+,44-,45+,46+,47+,48+,49+,50+,51-,52+/m1/s1. The maximum atomic E-state index is 12.8. The van der Waals surface area contributed by atoms with Crippen LogP contribution in [0.3, 0.4) is 0 Å². The maximum absolute atomic E-state index is 12.8.